The van der Waals surface area contributed by atoms with Crippen molar-refractivity contribution in [3.05, 3.63) is 11.9 Å². The van der Waals surface area contributed by atoms with Crippen molar-refractivity contribution in [2.24, 2.45) is 0 Å². The van der Waals surface area contributed by atoms with Gasteiger partial charge in [0, 0.05) is 25.7 Å². The van der Waals surface area contributed by atoms with Crippen LogP contribution in [0.15, 0.2) is 6.33 Å². The molecule has 1 N–H and O–H groups in total. The molecule has 0 amide bonds. The van der Waals surface area contributed by atoms with Crippen molar-refractivity contribution in [1.82, 2.24) is 9.97 Å². The van der Waals surface area contributed by atoms with Gasteiger partial charge in [-0.3, -0.25) is 0 Å². The molecule has 1 aromatic rings. The molecule has 0 spiro atoms. The summed E-state index contributed by atoms with van der Waals surface area (Å²) in [5.41, 5.74) is 1.12. The fourth-order valence-electron chi connectivity index (χ4n) is 1.70. The topological polar surface area (TPSA) is 41.1 Å². The Hall–Kier alpha value is -1.32. The molecule has 0 aliphatic rings. The normalized spacial score (nSPS) is 10.1. The SMILES string of the molecule is CCCN(CC)c1ncnc(NC)c1C. The van der Waals surface area contributed by atoms with Crippen molar-refractivity contribution >= 4 is 11.6 Å². The Balaban J connectivity index is 3.01. The van der Waals surface area contributed by atoms with Crippen LogP contribution in [0.3, 0.4) is 0 Å². The van der Waals surface area contributed by atoms with Gasteiger partial charge in [0.25, 0.3) is 0 Å². The molecule has 0 atom stereocenters. The van der Waals surface area contributed by atoms with Crippen LogP contribution in [0, 0.1) is 6.92 Å². The third-order valence-electron chi connectivity index (χ3n) is 2.47. The zero-order valence-corrected chi connectivity index (χ0v) is 10.0. The molecule has 0 unspecified atom stereocenters. The lowest BCUT2D eigenvalue weighted by Gasteiger charge is -2.23. The molecular weight excluding hydrogens is 188 g/mol. The van der Waals surface area contributed by atoms with Crippen molar-refractivity contribution in [1.29, 1.82) is 0 Å². The van der Waals surface area contributed by atoms with Crippen molar-refractivity contribution < 1.29 is 0 Å². The van der Waals surface area contributed by atoms with E-state index in [-0.39, 0.29) is 0 Å². The molecule has 0 saturated carbocycles. The zero-order chi connectivity index (χ0) is 11.3. The first-order valence-electron chi connectivity index (χ1n) is 5.48. The maximum Gasteiger partial charge on any atom is 0.137 e. The van der Waals surface area contributed by atoms with E-state index in [1.54, 1.807) is 6.33 Å². The van der Waals surface area contributed by atoms with Crippen molar-refractivity contribution in [3.63, 3.8) is 0 Å². The summed E-state index contributed by atoms with van der Waals surface area (Å²) in [5, 5.41) is 3.08. The van der Waals surface area contributed by atoms with Gasteiger partial charge in [-0.05, 0) is 20.3 Å². The Labute approximate surface area is 91.7 Å². The van der Waals surface area contributed by atoms with E-state index in [9.17, 15) is 0 Å². The lowest BCUT2D eigenvalue weighted by atomic mass is 10.2. The van der Waals surface area contributed by atoms with E-state index in [1.165, 1.54) is 0 Å². The first-order valence-corrected chi connectivity index (χ1v) is 5.48. The minimum atomic E-state index is 0.912. The zero-order valence-electron chi connectivity index (χ0n) is 10.0. The summed E-state index contributed by atoms with van der Waals surface area (Å²) in [7, 11) is 1.88. The van der Waals surface area contributed by atoms with Gasteiger partial charge in [-0.1, -0.05) is 6.92 Å². The monoisotopic (exact) mass is 208 g/mol. The predicted molar refractivity (Wildman–Crippen MR) is 64.5 cm³/mol. The molecule has 0 bridgehead atoms. The van der Waals surface area contributed by atoms with Gasteiger partial charge in [-0.15, -0.1) is 0 Å². The van der Waals surface area contributed by atoms with Gasteiger partial charge in [-0.25, -0.2) is 9.97 Å². The largest absolute Gasteiger partial charge is 0.373 e. The first-order chi connectivity index (χ1) is 7.24. The lowest BCUT2D eigenvalue weighted by molar-refractivity contribution is 0.772. The average Bonchev–Trinajstić information content (AvgIpc) is 2.27. The Morgan fingerprint density at radius 3 is 2.60 bits per heavy atom. The molecule has 4 heteroatoms. The maximum absolute atomic E-state index is 4.35. The highest BCUT2D eigenvalue weighted by Crippen LogP contribution is 2.21. The molecule has 15 heavy (non-hydrogen) atoms. The van der Waals surface area contributed by atoms with Crippen LogP contribution in [0.4, 0.5) is 11.6 Å². The van der Waals surface area contributed by atoms with E-state index in [1.807, 2.05) is 7.05 Å². The molecule has 0 fully saturated rings. The number of aromatic nitrogens is 2. The highest BCUT2D eigenvalue weighted by Gasteiger charge is 2.10. The Kier molecular flexibility index (Phi) is 4.34. The third kappa shape index (κ3) is 2.58. The van der Waals surface area contributed by atoms with E-state index in [0.717, 1.165) is 36.7 Å². The number of anilines is 2. The highest BCUT2D eigenvalue weighted by atomic mass is 15.2. The van der Waals surface area contributed by atoms with Crippen LogP contribution in [0.25, 0.3) is 0 Å². The summed E-state index contributed by atoms with van der Waals surface area (Å²) in [6, 6.07) is 0. The number of hydrogen-bond donors (Lipinski definition) is 1. The van der Waals surface area contributed by atoms with E-state index >= 15 is 0 Å². The Morgan fingerprint density at radius 2 is 2.07 bits per heavy atom. The number of hydrogen-bond acceptors (Lipinski definition) is 4. The molecule has 0 radical (unpaired) electrons. The smallest absolute Gasteiger partial charge is 0.137 e. The van der Waals surface area contributed by atoms with Gasteiger partial charge in [0.15, 0.2) is 0 Å². The van der Waals surface area contributed by atoms with Gasteiger partial charge in [0.1, 0.15) is 18.0 Å². The summed E-state index contributed by atoms with van der Waals surface area (Å²) in [5.74, 6) is 1.95. The number of nitrogens with one attached hydrogen (secondary N) is 1. The minimum Gasteiger partial charge on any atom is -0.373 e. The molecule has 0 aliphatic heterocycles. The Morgan fingerprint density at radius 1 is 1.33 bits per heavy atom. The van der Waals surface area contributed by atoms with Crippen LogP contribution in [0.2, 0.25) is 0 Å². The maximum atomic E-state index is 4.35. The standard InChI is InChI=1S/C11H20N4/c1-5-7-15(6-2)11-9(3)10(12-4)13-8-14-11/h8H,5-7H2,1-4H3,(H,12,13,14). The summed E-state index contributed by atoms with van der Waals surface area (Å²) in [4.78, 5) is 10.8. The van der Waals surface area contributed by atoms with Crippen LogP contribution < -0.4 is 10.2 Å². The second kappa shape index (κ2) is 5.53. The lowest BCUT2D eigenvalue weighted by Crippen LogP contribution is -2.25. The fourth-order valence-corrected chi connectivity index (χ4v) is 1.70. The molecule has 84 valence electrons. The summed E-state index contributed by atoms with van der Waals surface area (Å²) in [6.45, 7) is 8.40. The third-order valence-corrected chi connectivity index (χ3v) is 2.47. The average molecular weight is 208 g/mol. The van der Waals surface area contributed by atoms with Gasteiger partial charge in [0.05, 0.1) is 0 Å². The number of rotatable bonds is 5. The van der Waals surface area contributed by atoms with Crippen LogP contribution in [-0.2, 0) is 0 Å². The van der Waals surface area contributed by atoms with Crippen molar-refractivity contribution in [3.8, 4) is 0 Å². The molecule has 0 aliphatic carbocycles. The fraction of sp³-hybridized carbons (Fsp3) is 0.636. The van der Waals surface area contributed by atoms with Crippen LogP contribution >= 0.6 is 0 Å². The Bertz CT molecular complexity index is 311. The molecule has 1 heterocycles. The minimum absolute atomic E-state index is 0.912. The number of nitrogens with zero attached hydrogens (tertiary/aromatic N) is 3. The summed E-state index contributed by atoms with van der Waals surface area (Å²) < 4.78 is 0. The van der Waals surface area contributed by atoms with E-state index in [2.05, 4.69) is 41.0 Å². The predicted octanol–water partition coefficient (Wildman–Crippen LogP) is 2.06. The van der Waals surface area contributed by atoms with E-state index in [4.69, 9.17) is 0 Å². The van der Waals surface area contributed by atoms with Gasteiger partial charge in [-0.2, -0.15) is 0 Å². The van der Waals surface area contributed by atoms with Crippen LogP contribution in [0.5, 0.6) is 0 Å². The quantitative estimate of drug-likeness (QED) is 0.804. The molecule has 1 aromatic heterocycles. The van der Waals surface area contributed by atoms with Crippen LogP contribution in [0.1, 0.15) is 25.8 Å². The van der Waals surface area contributed by atoms with E-state index in [0.29, 0.717) is 0 Å². The summed E-state index contributed by atoms with van der Waals surface area (Å²) in [6.07, 6.45) is 2.75. The second-order valence-electron chi connectivity index (χ2n) is 3.50. The van der Waals surface area contributed by atoms with Crippen molar-refractivity contribution in [2.45, 2.75) is 27.2 Å². The molecular formula is C11H20N4. The molecule has 0 aromatic carbocycles. The highest BCUT2D eigenvalue weighted by molar-refractivity contribution is 5.57. The summed E-state index contributed by atoms with van der Waals surface area (Å²) >= 11 is 0. The molecule has 4 nitrogen and oxygen atoms in total. The second-order valence-corrected chi connectivity index (χ2v) is 3.50. The van der Waals surface area contributed by atoms with Gasteiger partial charge in [0.2, 0.25) is 0 Å². The van der Waals surface area contributed by atoms with E-state index < -0.39 is 0 Å². The molecule has 1 rings (SSSR count). The molecule has 0 saturated heterocycles. The van der Waals surface area contributed by atoms with Crippen molar-refractivity contribution in [2.75, 3.05) is 30.4 Å². The van der Waals surface area contributed by atoms with Gasteiger partial charge >= 0.3 is 0 Å². The van der Waals surface area contributed by atoms with Gasteiger partial charge < -0.3 is 10.2 Å². The van der Waals surface area contributed by atoms with Crippen LogP contribution in [-0.4, -0.2) is 30.1 Å². The first kappa shape index (κ1) is 11.8.